The van der Waals surface area contributed by atoms with Crippen molar-refractivity contribution in [3.8, 4) is 0 Å². The van der Waals surface area contributed by atoms with Crippen LogP contribution in [-0.2, 0) is 28.7 Å². The molecule has 0 radical (unpaired) electrons. The van der Waals surface area contributed by atoms with Gasteiger partial charge in [-0.05, 0) is 57.6 Å². The smallest absolute Gasteiger partial charge is 0.312 e. The van der Waals surface area contributed by atoms with Gasteiger partial charge in [0, 0.05) is 36.6 Å². The predicted octanol–water partition coefficient (Wildman–Crippen LogP) is 3.36. The minimum atomic E-state index is -1.24. The monoisotopic (exact) mass is 673 g/mol. The van der Waals surface area contributed by atoms with Crippen LogP contribution in [0.2, 0.25) is 0 Å². The number of carbonyl (C=O) groups is 4. The molecule has 2 bridgehead atoms. The molecule has 1 aromatic rings. The van der Waals surface area contributed by atoms with Crippen molar-refractivity contribution in [2.75, 3.05) is 31.1 Å². The van der Waals surface area contributed by atoms with Crippen molar-refractivity contribution in [3.63, 3.8) is 0 Å². The van der Waals surface area contributed by atoms with Gasteiger partial charge >= 0.3 is 5.97 Å². The molecule has 2 N–H and O–H groups in total. The number of carbonyl (C=O) groups excluding carboxylic acids is 4. The van der Waals surface area contributed by atoms with Crippen LogP contribution in [0, 0.1) is 25.7 Å². The van der Waals surface area contributed by atoms with Crippen molar-refractivity contribution in [2.24, 2.45) is 11.8 Å². The number of amides is 3. The zero-order chi connectivity index (χ0) is 32.2. The number of ether oxygens (including phenoxy) is 2. The van der Waals surface area contributed by atoms with Crippen LogP contribution in [0.5, 0.6) is 0 Å². The SMILES string of the molecule is C=CCCC(=O)NC[C@@H](C)OC(=O)[C@H]1[C@@H]2O[C@@]3(CC2Br)[C@@H]1C(=O)N(CCCCO)[C@@H]3C(=O)N(CC=C)c1c(C)cccc1C. The van der Waals surface area contributed by atoms with E-state index >= 15 is 0 Å². The number of aryl methyl sites for hydroxylation is 2. The van der Waals surface area contributed by atoms with Gasteiger partial charge in [0.1, 0.15) is 17.7 Å². The highest BCUT2D eigenvalue weighted by Crippen LogP contribution is 2.60. The zero-order valence-corrected chi connectivity index (χ0v) is 27.4. The number of allylic oxidation sites excluding steroid dienone is 1. The average Bonchev–Trinajstić information content (AvgIpc) is 3.57. The molecule has 1 unspecified atom stereocenters. The Morgan fingerprint density at radius 1 is 1.25 bits per heavy atom. The maximum Gasteiger partial charge on any atom is 0.312 e. The Morgan fingerprint density at radius 2 is 1.95 bits per heavy atom. The van der Waals surface area contributed by atoms with Crippen molar-refractivity contribution in [3.05, 3.63) is 54.6 Å². The number of halogens is 1. The van der Waals surface area contributed by atoms with Gasteiger partial charge in [-0.15, -0.1) is 13.2 Å². The standard InChI is InChI=1S/C33H44BrN3O7/c1-6-8-14-24(39)35-19-22(5)43-32(42)25-26-30(40)37(16-9-10-17-38)29(33(26)18-23(34)28(25)44-33)31(41)36(15-7-2)27-20(3)12-11-13-21(27)4/h6-7,11-13,22-23,25-26,28-29,38H,1-2,8-10,14-19H2,3-5H3,(H,35,39)/t22-,23?,25-,26+,28-,29-,33+/m1/s1. The summed E-state index contributed by atoms with van der Waals surface area (Å²) < 4.78 is 12.4. The lowest BCUT2D eigenvalue weighted by atomic mass is 9.70. The van der Waals surface area contributed by atoms with Crippen LogP contribution in [0.15, 0.2) is 43.5 Å². The van der Waals surface area contributed by atoms with Gasteiger partial charge in [0.25, 0.3) is 5.91 Å². The summed E-state index contributed by atoms with van der Waals surface area (Å²) in [6, 6.07) is 4.82. The molecule has 3 heterocycles. The van der Waals surface area contributed by atoms with Gasteiger partial charge in [-0.25, -0.2) is 0 Å². The molecule has 0 aliphatic carbocycles. The van der Waals surface area contributed by atoms with E-state index in [-0.39, 0.29) is 48.8 Å². The molecule has 3 amide bonds. The summed E-state index contributed by atoms with van der Waals surface area (Å²) in [4.78, 5) is 57.7. The topological polar surface area (TPSA) is 125 Å². The van der Waals surface area contributed by atoms with Crippen LogP contribution in [0.3, 0.4) is 0 Å². The Morgan fingerprint density at radius 3 is 2.59 bits per heavy atom. The van der Waals surface area contributed by atoms with E-state index in [1.807, 2.05) is 32.0 Å². The maximum atomic E-state index is 14.7. The van der Waals surface area contributed by atoms with E-state index in [0.717, 1.165) is 16.8 Å². The average molecular weight is 675 g/mol. The Balaban J connectivity index is 1.66. The summed E-state index contributed by atoms with van der Waals surface area (Å²) in [7, 11) is 0. The molecular formula is C33H44BrN3O7. The lowest BCUT2D eigenvalue weighted by Crippen LogP contribution is -2.57. The summed E-state index contributed by atoms with van der Waals surface area (Å²) in [5, 5.41) is 12.2. The molecule has 1 aromatic carbocycles. The Labute approximate surface area is 267 Å². The first-order valence-corrected chi connectivity index (χ1v) is 16.2. The Hall–Kier alpha value is -3.02. The quantitative estimate of drug-likeness (QED) is 0.127. The number of nitrogens with one attached hydrogen (secondary N) is 1. The minimum absolute atomic E-state index is 0.0424. The van der Waals surface area contributed by atoms with Crippen LogP contribution >= 0.6 is 15.9 Å². The molecule has 0 saturated carbocycles. The maximum absolute atomic E-state index is 14.7. The number of hydrogen-bond acceptors (Lipinski definition) is 7. The van der Waals surface area contributed by atoms with Gasteiger partial charge < -0.3 is 29.7 Å². The number of anilines is 1. The van der Waals surface area contributed by atoms with E-state index in [4.69, 9.17) is 9.47 Å². The van der Waals surface area contributed by atoms with Crippen LogP contribution in [0.25, 0.3) is 0 Å². The molecule has 11 heteroatoms. The second-order valence-corrected chi connectivity index (χ2v) is 13.2. The van der Waals surface area contributed by atoms with Crippen molar-refractivity contribution >= 4 is 45.3 Å². The van der Waals surface area contributed by atoms with Gasteiger partial charge in [-0.2, -0.15) is 0 Å². The third-order valence-electron chi connectivity index (χ3n) is 8.87. The lowest BCUT2D eigenvalue weighted by Gasteiger charge is -2.37. The number of fused-ring (bicyclic) bond motifs is 1. The molecule has 4 rings (SSSR count). The molecule has 0 aromatic heterocycles. The number of esters is 1. The number of unbranched alkanes of at least 4 members (excludes halogenated alkanes) is 1. The molecule has 1 spiro atoms. The van der Waals surface area contributed by atoms with E-state index in [0.29, 0.717) is 32.1 Å². The zero-order valence-electron chi connectivity index (χ0n) is 25.8. The molecule has 44 heavy (non-hydrogen) atoms. The second kappa shape index (κ2) is 14.4. The molecule has 240 valence electrons. The van der Waals surface area contributed by atoms with E-state index in [2.05, 4.69) is 34.4 Å². The molecule has 7 atom stereocenters. The van der Waals surface area contributed by atoms with Crippen LogP contribution in [-0.4, -0.2) is 88.6 Å². The largest absolute Gasteiger partial charge is 0.460 e. The van der Waals surface area contributed by atoms with Crippen molar-refractivity contribution in [2.45, 2.75) is 81.6 Å². The van der Waals surface area contributed by atoms with Gasteiger partial charge in [0.2, 0.25) is 11.8 Å². The number of rotatable bonds is 15. The second-order valence-electron chi connectivity index (χ2n) is 12.0. The van der Waals surface area contributed by atoms with Crippen LogP contribution in [0.1, 0.15) is 50.2 Å². The first-order chi connectivity index (χ1) is 21.0. The number of nitrogens with zero attached hydrogens (tertiary/aromatic N) is 2. The summed E-state index contributed by atoms with van der Waals surface area (Å²) in [6.45, 7) is 13.6. The normalized spacial score (nSPS) is 27.5. The molecule has 3 aliphatic heterocycles. The fraction of sp³-hybridized carbons (Fsp3) is 0.576. The first-order valence-electron chi connectivity index (χ1n) is 15.3. The fourth-order valence-corrected chi connectivity index (χ4v) is 7.95. The van der Waals surface area contributed by atoms with Crippen LogP contribution < -0.4 is 10.2 Å². The molecule has 3 saturated heterocycles. The van der Waals surface area contributed by atoms with Crippen molar-refractivity contribution in [1.82, 2.24) is 10.2 Å². The predicted molar refractivity (Wildman–Crippen MR) is 170 cm³/mol. The lowest BCUT2D eigenvalue weighted by molar-refractivity contribution is -0.159. The summed E-state index contributed by atoms with van der Waals surface area (Å²) >= 11 is 3.69. The summed E-state index contributed by atoms with van der Waals surface area (Å²) in [5.74, 6) is -3.22. The highest BCUT2D eigenvalue weighted by molar-refractivity contribution is 9.09. The number of alkyl halides is 1. The molecule has 3 fully saturated rings. The molecular weight excluding hydrogens is 630 g/mol. The Kier molecular flexibility index (Phi) is 11.1. The Bertz CT molecular complexity index is 1270. The number of aliphatic hydroxyl groups is 1. The molecule has 10 nitrogen and oxygen atoms in total. The van der Waals surface area contributed by atoms with Gasteiger partial charge in [0.15, 0.2) is 0 Å². The highest BCUT2D eigenvalue weighted by Gasteiger charge is 2.77. The number of hydrogen-bond donors (Lipinski definition) is 2. The van der Waals surface area contributed by atoms with Crippen molar-refractivity contribution in [1.29, 1.82) is 0 Å². The van der Waals surface area contributed by atoms with Gasteiger partial charge in [0.05, 0.1) is 24.5 Å². The van der Waals surface area contributed by atoms with E-state index in [1.54, 1.807) is 28.9 Å². The number of para-hydroxylation sites is 1. The fourth-order valence-electron chi connectivity index (χ4n) is 7.01. The van der Waals surface area contributed by atoms with E-state index < -0.39 is 41.7 Å². The number of likely N-dealkylation sites (tertiary alicyclic amines) is 1. The number of benzene rings is 1. The third kappa shape index (κ3) is 6.37. The van der Waals surface area contributed by atoms with Crippen molar-refractivity contribution < 1.29 is 33.8 Å². The highest BCUT2D eigenvalue weighted by atomic mass is 79.9. The summed E-state index contributed by atoms with van der Waals surface area (Å²) in [6.07, 6.45) is 4.17. The van der Waals surface area contributed by atoms with Gasteiger partial charge in [-0.3, -0.25) is 19.2 Å². The third-order valence-corrected chi connectivity index (χ3v) is 9.71. The van der Waals surface area contributed by atoms with E-state index in [1.165, 1.54) is 0 Å². The first kappa shape index (κ1) is 33.9. The number of aliphatic hydroxyl groups excluding tert-OH is 1. The molecule has 3 aliphatic rings. The van der Waals surface area contributed by atoms with E-state index in [9.17, 15) is 24.3 Å². The summed E-state index contributed by atoms with van der Waals surface area (Å²) in [5.41, 5.74) is 1.33. The minimum Gasteiger partial charge on any atom is -0.460 e. The van der Waals surface area contributed by atoms with Crippen LogP contribution in [0.4, 0.5) is 5.69 Å². The van der Waals surface area contributed by atoms with Gasteiger partial charge in [-0.1, -0.05) is 46.3 Å².